The lowest BCUT2D eigenvalue weighted by Gasteiger charge is -2.19. The second kappa shape index (κ2) is 7.76. The highest BCUT2D eigenvalue weighted by molar-refractivity contribution is 5.36. The second-order valence-electron chi connectivity index (χ2n) is 4.91. The van der Waals surface area contributed by atoms with Crippen LogP contribution in [0.5, 0.6) is 5.75 Å². The normalized spacial score (nSPS) is 12.1. The maximum absolute atomic E-state index is 5.74. The number of ether oxygens (including phenoxy) is 1. The predicted molar refractivity (Wildman–Crippen MR) is 85.0 cm³/mol. The molecular formula is C17H23N3O. The highest BCUT2D eigenvalue weighted by Crippen LogP contribution is 2.26. The van der Waals surface area contributed by atoms with E-state index in [9.17, 15) is 0 Å². The van der Waals surface area contributed by atoms with Crippen LogP contribution in [0.1, 0.15) is 36.7 Å². The zero-order chi connectivity index (χ0) is 15.1. The number of nitrogens with one attached hydrogen (secondary N) is 1. The van der Waals surface area contributed by atoms with E-state index in [0.29, 0.717) is 6.61 Å². The number of rotatable bonds is 7. The van der Waals surface area contributed by atoms with Gasteiger partial charge in [-0.3, -0.25) is 16.3 Å². The first-order valence-electron chi connectivity index (χ1n) is 7.40. The number of nitrogens with two attached hydrogens (primary N) is 1. The topological polar surface area (TPSA) is 60.2 Å². The monoisotopic (exact) mass is 285 g/mol. The molecule has 1 atom stereocenters. The fourth-order valence-electron chi connectivity index (χ4n) is 2.31. The van der Waals surface area contributed by atoms with Gasteiger partial charge in [-0.25, -0.2) is 0 Å². The van der Waals surface area contributed by atoms with Gasteiger partial charge in [0.2, 0.25) is 0 Å². The van der Waals surface area contributed by atoms with E-state index < -0.39 is 0 Å². The van der Waals surface area contributed by atoms with Crippen LogP contribution in [0.4, 0.5) is 0 Å². The largest absolute Gasteiger partial charge is 0.494 e. The second-order valence-corrected chi connectivity index (χ2v) is 4.91. The van der Waals surface area contributed by atoms with E-state index in [-0.39, 0.29) is 6.04 Å². The average molecular weight is 285 g/mol. The summed E-state index contributed by atoms with van der Waals surface area (Å²) >= 11 is 0. The molecule has 0 radical (unpaired) electrons. The van der Waals surface area contributed by atoms with Gasteiger partial charge in [-0.1, -0.05) is 31.2 Å². The maximum atomic E-state index is 5.74. The minimum absolute atomic E-state index is 0.0206. The fourth-order valence-corrected chi connectivity index (χ4v) is 2.31. The van der Waals surface area contributed by atoms with Gasteiger partial charge in [0.05, 0.1) is 12.6 Å². The van der Waals surface area contributed by atoms with Gasteiger partial charge in [0.25, 0.3) is 0 Å². The molecular weight excluding hydrogens is 262 g/mol. The number of nitrogens with zero attached hydrogens (tertiary/aromatic N) is 1. The third-order valence-electron chi connectivity index (χ3n) is 3.50. The standard InChI is InChI=1S/C17H23N3O/c1-3-13-9-10-14(19-12-13)11-16(20-18)15-7-5-6-8-17(15)21-4-2/h5-10,12,16,20H,3-4,11,18H2,1-2H3. The molecule has 3 N–H and O–H groups in total. The zero-order valence-corrected chi connectivity index (χ0v) is 12.7. The van der Waals surface area contributed by atoms with Gasteiger partial charge in [0, 0.05) is 23.9 Å². The molecule has 112 valence electrons. The summed E-state index contributed by atoms with van der Waals surface area (Å²) in [6, 6.07) is 12.1. The van der Waals surface area contributed by atoms with Gasteiger partial charge in [-0.2, -0.15) is 0 Å². The third-order valence-corrected chi connectivity index (χ3v) is 3.50. The van der Waals surface area contributed by atoms with Crippen molar-refractivity contribution in [1.29, 1.82) is 0 Å². The zero-order valence-electron chi connectivity index (χ0n) is 12.7. The molecule has 1 aromatic heterocycles. The average Bonchev–Trinajstić information content (AvgIpc) is 2.54. The SMILES string of the molecule is CCOc1ccccc1C(Cc1ccc(CC)cn1)NN. The molecule has 1 aromatic carbocycles. The summed E-state index contributed by atoms with van der Waals surface area (Å²) in [6.45, 7) is 4.74. The molecule has 0 bridgehead atoms. The van der Waals surface area contributed by atoms with Crippen molar-refractivity contribution in [3.05, 3.63) is 59.4 Å². The fraction of sp³-hybridized carbons (Fsp3) is 0.353. The molecule has 2 rings (SSSR count). The van der Waals surface area contributed by atoms with Gasteiger partial charge in [0.1, 0.15) is 5.75 Å². The molecule has 0 aliphatic heterocycles. The number of aryl methyl sites for hydroxylation is 1. The van der Waals surface area contributed by atoms with E-state index in [1.165, 1.54) is 5.56 Å². The Hall–Kier alpha value is -1.91. The summed E-state index contributed by atoms with van der Waals surface area (Å²) < 4.78 is 5.68. The van der Waals surface area contributed by atoms with Crippen LogP contribution in [0, 0.1) is 0 Å². The summed E-state index contributed by atoms with van der Waals surface area (Å²) in [6.07, 6.45) is 3.65. The Morgan fingerprint density at radius 2 is 2.00 bits per heavy atom. The quantitative estimate of drug-likeness (QED) is 0.606. The number of aromatic nitrogens is 1. The first-order valence-corrected chi connectivity index (χ1v) is 7.40. The Morgan fingerprint density at radius 3 is 2.62 bits per heavy atom. The van der Waals surface area contributed by atoms with Crippen LogP contribution in [-0.4, -0.2) is 11.6 Å². The van der Waals surface area contributed by atoms with E-state index in [4.69, 9.17) is 10.6 Å². The molecule has 1 heterocycles. The molecule has 4 heteroatoms. The molecule has 0 saturated heterocycles. The van der Waals surface area contributed by atoms with Crippen LogP contribution in [0.3, 0.4) is 0 Å². The van der Waals surface area contributed by atoms with E-state index in [1.807, 2.05) is 37.4 Å². The molecule has 0 fully saturated rings. The van der Waals surface area contributed by atoms with E-state index in [1.54, 1.807) is 0 Å². The molecule has 0 amide bonds. The lowest BCUT2D eigenvalue weighted by atomic mass is 10.0. The van der Waals surface area contributed by atoms with Crippen molar-refractivity contribution in [3.8, 4) is 5.75 Å². The molecule has 2 aromatic rings. The minimum atomic E-state index is -0.0206. The first-order chi connectivity index (χ1) is 10.3. The molecule has 0 saturated carbocycles. The van der Waals surface area contributed by atoms with Crippen LogP contribution in [0.25, 0.3) is 0 Å². The molecule has 1 unspecified atom stereocenters. The van der Waals surface area contributed by atoms with Crippen LogP contribution in [-0.2, 0) is 12.8 Å². The summed E-state index contributed by atoms with van der Waals surface area (Å²) in [5.41, 5.74) is 6.19. The summed E-state index contributed by atoms with van der Waals surface area (Å²) in [7, 11) is 0. The summed E-state index contributed by atoms with van der Waals surface area (Å²) in [5, 5.41) is 0. The molecule has 4 nitrogen and oxygen atoms in total. The number of hydrogen-bond donors (Lipinski definition) is 2. The van der Waals surface area contributed by atoms with Gasteiger partial charge >= 0.3 is 0 Å². The number of pyridine rings is 1. The molecule has 21 heavy (non-hydrogen) atoms. The van der Waals surface area contributed by atoms with Crippen molar-refractivity contribution < 1.29 is 4.74 Å². The van der Waals surface area contributed by atoms with Crippen molar-refractivity contribution in [3.63, 3.8) is 0 Å². The van der Waals surface area contributed by atoms with E-state index in [2.05, 4.69) is 29.5 Å². The number of para-hydroxylation sites is 1. The van der Waals surface area contributed by atoms with Crippen molar-refractivity contribution in [1.82, 2.24) is 10.4 Å². The summed E-state index contributed by atoms with van der Waals surface area (Å²) in [4.78, 5) is 4.50. The Morgan fingerprint density at radius 1 is 1.19 bits per heavy atom. The van der Waals surface area contributed by atoms with Gasteiger partial charge in [-0.15, -0.1) is 0 Å². The van der Waals surface area contributed by atoms with Crippen LogP contribution < -0.4 is 16.0 Å². The number of benzene rings is 1. The molecule has 0 aliphatic rings. The highest BCUT2D eigenvalue weighted by atomic mass is 16.5. The first kappa shape index (κ1) is 15.5. The summed E-state index contributed by atoms with van der Waals surface area (Å²) in [5.74, 6) is 6.61. The van der Waals surface area contributed by atoms with Crippen LogP contribution in [0.2, 0.25) is 0 Å². The number of hydrogen-bond acceptors (Lipinski definition) is 4. The van der Waals surface area contributed by atoms with Gasteiger partial charge < -0.3 is 4.74 Å². The molecule has 0 spiro atoms. The Kier molecular flexibility index (Phi) is 5.72. The lowest BCUT2D eigenvalue weighted by molar-refractivity contribution is 0.331. The van der Waals surface area contributed by atoms with Gasteiger partial charge in [-0.05, 0) is 31.0 Å². The van der Waals surface area contributed by atoms with E-state index in [0.717, 1.165) is 29.8 Å². The highest BCUT2D eigenvalue weighted by Gasteiger charge is 2.15. The maximum Gasteiger partial charge on any atom is 0.124 e. The Balaban J connectivity index is 2.19. The Bertz CT molecular complexity index is 554. The predicted octanol–water partition coefficient (Wildman–Crippen LogP) is 2.79. The third kappa shape index (κ3) is 4.03. The van der Waals surface area contributed by atoms with Gasteiger partial charge in [0.15, 0.2) is 0 Å². The smallest absolute Gasteiger partial charge is 0.124 e. The van der Waals surface area contributed by atoms with Crippen molar-refractivity contribution >= 4 is 0 Å². The minimum Gasteiger partial charge on any atom is -0.494 e. The molecule has 0 aliphatic carbocycles. The lowest BCUT2D eigenvalue weighted by Crippen LogP contribution is -2.30. The Labute approximate surface area is 126 Å². The van der Waals surface area contributed by atoms with Crippen LogP contribution in [0.15, 0.2) is 42.6 Å². The number of hydrazine groups is 1. The van der Waals surface area contributed by atoms with Crippen LogP contribution >= 0.6 is 0 Å². The van der Waals surface area contributed by atoms with E-state index >= 15 is 0 Å². The van der Waals surface area contributed by atoms with Crippen molar-refractivity contribution in [2.45, 2.75) is 32.7 Å². The van der Waals surface area contributed by atoms with Crippen molar-refractivity contribution in [2.75, 3.05) is 6.61 Å². The van der Waals surface area contributed by atoms with Crippen molar-refractivity contribution in [2.24, 2.45) is 5.84 Å².